The molecule has 0 heterocycles. The fraction of sp³-hybridized carbons (Fsp3) is 0.571. The lowest BCUT2D eigenvalue weighted by atomic mass is 9.98. The number of rotatable bonds is 2. The molecule has 1 atom stereocenters. The molecule has 0 aromatic heterocycles. The number of aliphatic hydroxyl groups excluding tert-OH is 1. The standard InChI is InChI=1S/C14H20O/c1-11(2)14(15)12(3)9-10-13-7-5-4-6-8-13/h7,11,14-15H,3-6,8H2,1-2H3. The molecule has 1 rings (SSSR count). The van der Waals surface area contributed by atoms with E-state index in [1.54, 1.807) is 0 Å². The largest absolute Gasteiger partial charge is 0.388 e. The monoisotopic (exact) mass is 204 g/mol. The van der Waals surface area contributed by atoms with Crippen molar-refractivity contribution in [1.29, 1.82) is 0 Å². The molecule has 1 unspecified atom stereocenters. The van der Waals surface area contributed by atoms with Crippen molar-refractivity contribution < 1.29 is 5.11 Å². The van der Waals surface area contributed by atoms with Crippen LogP contribution in [0.5, 0.6) is 0 Å². The molecule has 1 aliphatic rings. The Hall–Kier alpha value is -1.00. The molecule has 0 aromatic carbocycles. The lowest BCUT2D eigenvalue weighted by Gasteiger charge is -2.12. The summed E-state index contributed by atoms with van der Waals surface area (Å²) in [6.45, 7) is 7.75. The summed E-state index contributed by atoms with van der Waals surface area (Å²) in [4.78, 5) is 0. The maximum atomic E-state index is 9.70. The molecule has 82 valence electrons. The van der Waals surface area contributed by atoms with Crippen LogP contribution in [-0.2, 0) is 0 Å². The quantitative estimate of drug-likeness (QED) is 0.685. The second-order valence-corrected chi connectivity index (χ2v) is 4.44. The van der Waals surface area contributed by atoms with E-state index in [0.717, 1.165) is 12.8 Å². The smallest absolute Gasteiger partial charge is 0.0884 e. The highest BCUT2D eigenvalue weighted by Crippen LogP contribution is 2.16. The molecule has 0 aromatic rings. The van der Waals surface area contributed by atoms with E-state index in [2.05, 4.69) is 24.5 Å². The van der Waals surface area contributed by atoms with Crippen molar-refractivity contribution in [3.8, 4) is 11.8 Å². The van der Waals surface area contributed by atoms with E-state index in [1.165, 1.54) is 18.4 Å². The van der Waals surface area contributed by atoms with Gasteiger partial charge < -0.3 is 5.11 Å². The van der Waals surface area contributed by atoms with Crippen LogP contribution in [0.4, 0.5) is 0 Å². The Morgan fingerprint density at radius 3 is 2.73 bits per heavy atom. The highest BCUT2D eigenvalue weighted by Gasteiger charge is 2.10. The first-order valence-electron chi connectivity index (χ1n) is 5.69. The van der Waals surface area contributed by atoms with Crippen molar-refractivity contribution in [3.05, 3.63) is 23.8 Å². The lowest BCUT2D eigenvalue weighted by molar-refractivity contribution is 0.165. The van der Waals surface area contributed by atoms with E-state index in [-0.39, 0.29) is 5.92 Å². The summed E-state index contributed by atoms with van der Waals surface area (Å²) in [7, 11) is 0. The molecule has 0 fully saturated rings. The summed E-state index contributed by atoms with van der Waals surface area (Å²) in [6.07, 6.45) is 6.44. The second kappa shape index (κ2) is 5.78. The Kier molecular flexibility index (Phi) is 4.65. The van der Waals surface area contributed by atoms with Crippen molar-refractivity contribution in [3.63, 3.8) is 0 Å². The van der Waals surface area contributed by atoms with Gasteiger partial charge in [0, 0.05) is 5.57 Å². The highest BCUT2D eigenvalue weighted by molar-refractivity contribution is 5.38. The van der Waals surface area contributed by atoms with Gasteiger partial charge in [0.2, 0.25) is 0 Å². The molecule has 1 aliphatic carbocycles. The molecule has 15 heavy (non-hydrogen) atoms. The topological polar surface area (TPSA) is 20.2 Å². The predicted molar refractivity (Wildman–Crippen MR) is 64.3 cm³/mol. The van der Waals surface area contributed by atoms with Crippen LogP contribution in [-0.4, -0.2) is 11.2 Å². The van der Waals surface area contributed by atoms with Gasteiger partial charge in [0.25, 0.3) is 0 Å². The second-order valence-electron chi connectivity index (χ2n) is 4.44. The van der Waals surface area contributed by atoms with Crippen molar-refractivity contribution in [2.24, 2.45) is 5.92 Å². The van der Waals surface area contributed by atoms with Crippen LogP contribution in [0.15, 0.2) is 23.8 Å². The van der Waals surface area contributed by atoms with E-state index in [9.17, 15) is 5.11 Å². The summed E-state index contributed by atoms with van der Waals surface area (Å²) in [5, 5.41) is 9.70. The molecular weight excluding hydrogens is 184 g/mol. The number of hydrogen-bond acceptors (Lipinski definition) is 1. The van der Waals surface area contributed by atoms with Gasteiger partial charge in [0.1, 0.15) is 0 Å². The highest BCUT2D eigenvalue weighted by atomic mass is 16.3. The summed E-state index contributed by atoms with van der Waals surface area (Å²) in [5.41, 5.74) is 1.84. The average Bonchev–Trinajstić information content (AvgIpc) is 2.26. The fourth-order valence-electron chi connectivity index (χ4n) is 1.59. The van der Waals surface area contributed by atoms with Crippen LogP contribution in [0.1, 0.15) is 39.5 Å². The molecule has 0 bridgehead atoms. The van der Waals surface area contributed by atoms with Gasteiger partial charge in [-0.25, -0.2) is 0 Å². The molecule has 0 saturated heterocycles. The summed E-state index contributed by atoms with van der Waals surface area (Å²) in [6, 6.07) is 0. The Morgan fingerprint density at radius 2 is 2.20 bits per heavy atom. The van der Waals surface area contributed by atoms with E-state index >= 15 is 0 Å². The molecule has 0 amide bonds. The number of aliphatic hydroxyl groups is 1. The molecule has 0 radical (unpaired) electrons. The van der Waals surface area contributed by atoms with Gasteiger partial charge in [-0.15, -0.1) is 0 Å². The maximum absolute atomic E-state index is 9.70. The zero-order valence-corrected chi connectivity index (χ0v) is 9.71. The minimum absolute atomic E-state index is 0.187. The van der Waals surface area contributed by atoms with Crippen LogP contribution >= 0.6 is 0 Å². The molecular formula is C14H20O. The Bertz CT molecular complexity index is 312. The third-order valence-corrected chi connectivity index (χ3v) is 2.66. The molecule has 0 saturated carbocycles. The van der Waals surface area contributed by atoms with Gasteiger partial charge in [0.05, 0.1) is 6.10 Å². The Morgan fingerprint density at radius 1 is 1.47 bits per heavy atom. The first kappa shape index (κ1) is 12.1. The SMILES string of the molecule is C=C(C#CC1=CCCCC1)C(O)C(C)C. The van der Waals surface area contributed by atoms with Crippen molar-refractivity contribution in [2.45, 2.75) is 45.6 Å². The van der Waals surface area contributed by atoms with E-state index in [0.29, 0.717) is 5.57 Å². The predicted octanol–water partition coefficient (Wildman–Crippen LogP) is 3.06. The average molecular weight is 204 g/mol. The first-order chi connectivity index (χ1) is 7.11. The zero-order chi connectivity index (χ0) is 11.3. The maximum Gasteiger partial charge on any atom is 0.0884 e. The number of hydrogen-bond donors (Lipinski definition) is 1. The Labute approximate surface area is 92.9 Å². The molecule has 0 aliphatic heterocycles. The van der Waals surface area contributed by atoms with Gasteiger partial charge in [-0.3, -0.25) is 0 Å². The Balaban J connectivity index is 2.57. The first-order valence-corrected chi connectivity index (χ1v) is 5.69. The van der Waals surface area contributed by atoms with Crippen LogP contribution in [0.2, 0.25) is 0 Å². The van der Waals surface area contributed by atoms with E-state index in [1.807, 2.05) is 13.8 Å². The lowest BCUT2D eigenvalue weighted by Crippen LogP contribution is -2.15. The molecule has 1 nitrogen and oxygen atoms in total. The van der Waals surface area contributed by atoms with E-state index in [4.69, 9.17) is 0 Å². The van der Waals surface area contributed by atoms with Crippen molar-refractivity contribution >= 4 is 0 Å². The van der Waals surface area contributed by atoms with Gasteiger partial charge in [0.15, 0.2) is 0 Å². The summed E-state index contributed by atoms with van der Waals surface area (Å²) in [5.74, 6) is 6.27. The summed E-state index contributed by atoms with van der Waals surface area (Å²) < 4.78 is 0. The van der Waals surface area contributed by atoms with Gasteiger partial charge >= 0.3 is 0 Å². The van der Waals surface area contributed by atoms with Gasteiger partial charge in [-0.1, -0.05) is 38.3 Å². The van der Waals surface area contributed by atoms with Crippen LogP contribution in [0.3, 0.4) is 0 Å². The van der Waals surface area contributed by atoms with Gasteiger partial charge in [-0.05, 0) is 37.2 Å². The number of allylic oxidation sites excluding steroid dienone is 2. The van der Waals surface area contributed by atoms with Crippen molar-refractivity contribution in [1.82, 2.24) is 0 Å². The van der Waals surface area contributed by atoms with Crippen LogP contribution < -0.4 is 0 Å². The third-order valence-electron chi connectivity index (χ3n) is 2.66. The van der Waals surface area contributed by atoms with Crippen molar-refractivity contribution in [2.75, 3.05) is 0 Å². The van der Waals surface area contributed by atoms with Crippen LogP contribution in [0.25, 0.3) is 0 Å². The molecule has 1 heteroatoms. The molecule has 0 spiro atoms. The van der Waals surface area contributed by atoms with Crippen LogP contribution in [0, 0.1) is 17.8 Å². The zero-order valence-electron chi connectivity index (χ0n) is 9.71. The third kappa shape index (κ3) is 3.93. The molecule has 1 N–H and O–H groups in total. The minimum Gasteiger partial charge on any atom is -0.388 e. The normalized spacial score (nSPS) is 17.7. The fourth-order valence-corrected chi connectivity index (χ4v) is 1.59. The van der Waals surface area contributed by atoms with E-state index < -0.39 is 6.10 Å². The minimum atomic E-state index is -0.498. The van der Waals surface area contributed by atoms with Gasteiger partial charge in [-0.2, -0.15) is 0 Å². The summed E-state index contributed by atoms with van der Waals surface area (Å²) >= 11 is 0.